The van der Waals surface area contributed by atoms with Crippen molar-refractivity contribution in [2.75, 3.05) is 13.2 Å². The van der Waals surface area contributed by atoms with Gasteiger partial charge in [0.1, 0.15) is 12.4 Å². The predicted molar refractivity (Wildman–Crippen MR) is 66.8 cm³/mol. The van der Waals surface area contributed by atoms with Crippen molar-refractivity contribution in [2.24, 2.45) is 0 Å². The molecule has 2 rings (SSSR count). The van der Waals surface area contributed by atoms with Crippen LogP contribution in [-0.2, 0) is 17.9 Å². The van der Waals surface area contributed by atoms with Gasteiger partial charge in [-0.15, -0.1) is 11.3 Å². The first-order valence-electron chi connectivity index (χ1n) is 5.63. The Morgan fingerprint density at radius 2 is 2.47 bits per heavy atom. The number of ether oxygens (including phenoxy) is 1. The van der Waals surface area contributed by atoms with Gasteiger partial charge in [-0.05, 0) is 25.1 Å². The Morgan fingerprint density at radius 1 is 1.47 bits per heavy atom. The van der Waals surface area contributed by atoms with E-state index in [4.69, 9.17) is 9.15 Å². The smallest absolute Gasteiger partial charge is 0.129 e. The van der Waals surface area contributed by atoms with Crippen LogP contribution in [0.15, 0.2) is 34.5 Å². The first-order valence-corrected chi connectivity index (χ1v) is 6.51. The van der Waals surface area contributed by atoms with Gasteiger partial charge in [-0.25, -0.2) is 0 Å². The molecule has 4 nitrogen and oxygen atoms in total. The number of hydrogen-bond donors (Lipinski definition) is 1. The lowest BCUT2D eigenvalue weighted by Gasteiger charge is -2.03. The van der Waals surface area contributed by atoms with Crippen molar-refractivity contribution in [1.29, 1.82) is 0 Å². The van der Waals surface area contributed by atoms with Crippen molar-refractivity contribution in [3.05, 3.63) is 40.7 Å². The first kappa shape index (κ1) is 12.3. The van der Waals surface area contributed by atoms with Crippen LogP contribution >= 0.6 is 11.3 Å². The molecule has 0 radical (unpaired) electrons. The van der Waals surface area contributed by atoms with Crippen LogP contribution in [0.5, 0.6) is 0 Å². The van der Waals surface area contributed by atoms with Crippen molar-refractivity contribution in [3.8, 4) is 0 Å². The molecule has 2 aromatic heterocycles. The lowest BCUT2D eigenvalue weighted by molar-refractivity contribution is 0.104. The van der Waals surface area contributed by atoms with Gasteiger partial charge < -0.3 is 14.5 Å². The van der Waals surface area contributed by atoms with Crippen LogP contribution < -0.4 is 5.32 Å². The average molecular weight is 252 g/mol. The zero-order valence-corrected chi connectivity index (χ0v) is 10.4. The lowest BCUT2D eigenvalue weighted by atomic mass is 10.4. The largest absolute Gasteiger partial charge is 0.467 e. The molecule has 0 unspecified atom stereocenters. The van der Waals surface area contributed by atoms with E-state index in [2.05, 4.69) is 10.3 Å². The van der Waals surface area contributed by atoms with Crippen molar-refractivity contribution in [2.45, 2.75) is 19.6 Å². The van der Waals surface area contributed by atoms with Gasteiger partial charge in [-0.1, -0.05) is 0 Å². The highest BCUT2D eigenvalue weighted by atomic mass is 32.1. The molecular formula is C12H16N2O2S. The van der Waals surface area contributed by atoms with E-state index in [1.54, 1.807) is 17.6 Å². The van der Waals surface area contributed by atoms with Crippen LogP contribution in [0.4, 0.5) is 0 Å². The summed E-state index contributed by atoms with van der Waals surface area (Å²) in [5, 5.41) is 3.35. The molecule has 0 spiro atoms. The molecule has 0 fully saturated rings. The number of nitrogens with one attached hydrogen (secondary N) is 1. The fourth-order valence-corrected chi connectivity index (χ4v) is 1.97. The fourth-order valence-electron chi connectivity index (χ4n) is 1.41. The molecular weight excluding hydrogens is 236 g/mol. The van der Waals surface area contributed by atoms with Crippen LogP contribution in [0.3, 0.4) is 0 Å². The number of furan rings is 1. The summed E-state index contributed by atoms with van der Waals surface area (Å²) in [6, 6.07) is 3.79. The Kier molecular flexibility index (Phi) is 5.22. The molecule has 0 saturated carbocycles. The van der Waals surface area contributed by atoms with E-state index in [-0.39, 0.29) is 0 Å². The maximum absolute atomic E-state index is 5.47. The molecule has 2 heterocycles. The summed E-state index contributed by atoms with van der Waals surface area (Å²) in [5.74, 6) is 0.877. The van der Waals surface area contributed by atoms with E-state index in [1.165, 1.54) is 4.88 Å². The second-order valence-corrected chi connectivity index (χ2v) is 4.60. The summed E-state index contributed by atoms with van der Waals surface area (Å²) in [6.45, 7) is 3.15. The van der Waals surface area contributed by atoms with Gasteiger partial charge in [0, 0.05) is 24.2 Å². The zero-order valence-electron chi connectivity index (χ0n) is 9.59. The standard InChI is InChI=1S/C12H16N2O2S/c1-3-11(16-6-1)9-15-5-2-4-13-7-12-8-14-10-17-12/h1,3,6,8,10,13H,2,4-5,7,9H2. The van der Waals surface area contributed by atoms with E-state index in [1.807, 2.05) is 23.8 Å². The monoisotopic (exact) mass is 252 g/mol. The molecule has 0 saturated heterocycles. The molecule has 5 heteroatoms. The van der Waals surface area contributed by atoms with Gasteiger partial charge >= 0.3 is 0 Å². The molecule has 0 aliphatic carbocycles. The van der Waals surface area contributed by atoms with Gasteiger partial charge in [0.05, 0.1) is 11.8 Å². The Labute approximate surface area is 105 Å². The maximum Gasteiger partial charge on any atom is 0.129 e. The van der Waals surface area contributed by atoms with Crippen LogP contribution in [0, 0.1) is 0 Å². The molecule has 0 aliphatic rings. The highest BCUT2D eigenvalue weighted by Crippen LogP contribution is 2.04. The lowest BCUT2D eigenvalue weighted by Crippen LogP contribution is -2.15. The predicted octanol–water partition coefficient (Wildman–Crippen LogP) is 2.43. The van der Waals surface area contributed by atoms with Gasteiger partial charge in [-0.2, -0.15) is 0 Å². The molecule has 0 bridgehead atoms. The SMILES string of the molecule is c1coc(COCCCNCc2cncs2)c1. The van der Waals surface area contributed by atoms with Gasteiger partial charge in [0.25, 0.3) is 0 Å². The summed E-state index contributed by atoms with van der Waals surface area (Å²) in [7, 11) is 0. The van der Waals surface area contributed by atoms with Gasteiger partial charge in [-0.3, -0.25) is 4.98 Å². The van der Waals surface area contributed by atoms with Crippen molar-refractivity contribution in [3.63, 3.8) is 0 Å². The van der Waals surface area contributed by atoms with Gasteiger partial charge in [0.2, 0.25) is 0 Å². The number of nitrogens with zero attached hydrogens (tertiary/aromatic N) is 1. The van der Waals surface area contributed by atoms with E-state index in [0.717, 1.165) is 31.9 Å². The van der Waals surface area contributed by atoms with E-state index in [0.29, 0.717) is 6.61 Å². The molecule has 2 aromatic rings. The van der Waals surface area contributed by atoms with Crippen molar-refractivity contribution in [1.82, 2.24) is 10.3 Å². The van der Waals surface area contributed by atoms with Crippen LogP contribution in [0.1, 0.15) is 17.1 Å². The maximum atomic E-state index is 5.47. The molecule has 0 aliphatic heterocycles. The Hall–Kier alpha value is -1.17. The second-order valence-electron chi connectivity index (χ2n) is 3.63. The van der Waals surface area contributed by atoms with Crippen LogP contribution in [-0.4, -0.2) is 18.1 Å². The summed E-state index contributed by atoms with van der Waals surface area (Å²) >= 11 is 1.67. The Morgan fingerprint density at radius 3 is 3.24 bits per heavy atom. The summed E-state index contributed by atoms with van der Waals surface area (Å²) in [5.41, 5.74) is 1.85. The molecule has 0 atom stereocenters. The highest BCUT2D eigenvalue weighted by Gasteiger charge is 1.96. The van der Waals surface area contributed by atoms with Gasteiger partial charge in [0.15, 0.2) is 0 Å². The second kappa shape index (κ2) is 7.21. The highest BCUT2D eigenvalue weighted by molar-refractivity contribution is 7.09. The molecule has 0 amide bonds. The minimum absolute atomic E-state index is 0.557. The normalized spacial score (nSPS) is 10.8. The third-order valence-corrected chi connectivity index (χ3v) is 3.03. The van der Waals surface area contributed by atoms with Crippen LogP contribution in [0.2, 0.25) is 0 Å². The van der Waals surface area contributed by atoms with Crippen molar-refractivity contribution >= 4 is 11.3 Å². The number of thiazole rings is 1. The van der Waals surface area contributed by atoms with E-state index >= 15 is 0 Å². The third kappa shape index (κ3) is 4.68. The number of hydrogen-bond acceptors (Lipinski definition) is 5. The Bertz CT molecular complexity index is 348. The summed E-state index contributed by atoms with van der Waals surface area (Å²) in [4.78, 5) is 5.29. The topological polar surface area (TPSA) is 47.3 Å². The minimum Gasteiger partial charge on any atom is -0.467 e. The molecule has 1 N–H and O–H groups in total. The van der Waals surface area contributed by atoms with Crippen LogP contribution in [0.25, 0.3) is 0 Å². The minimum atomic E-state index is 0.557. The number of rotatable bonds is 8. The number of aromatic nitrogens is 1. The molecule has 17 heavy (non-hydrogen) atoms. The van der Waals surface area contributed by atoms with E-state index in [9.17, 15) is 0 Å². The molecule has 0 aromatic carbocycles. The first-order chi connectivity index (χ1) is 8.45. The van der Waals surface area contributed by atoms with E-state index < -0.39 is 0 Å². The average Bonchev–Trinajstić information content (AvgIpc) is 3.00. The van der Waals surface area contributed by atoms with Crippen molar-refractivity contribution < 1.29 is 9.15 Å². The molecule has 92 valence electrons. The summed E-state index contributed by atoms with van der Waals surface area (Å²) in [6.07, 6.45) is 4.56. The Balaban J connectivity index is 1.44. The fraction of sp³-hybridized carbons (Fsp3) is 0.417. The third-order valence-electron chi connectivity index (χ3n) is 2.25. The zero-order chi connectivity index (χ0) is 11.8. The summed E-state index contributed by atoms with van der Waals surface area (Å²) < 4.78 is 10.6. The quantitative estimate of drug-likeness (QED) is 0.733.